The molecule has 0 heterocycles. The van der Waals surface area contributed by atoms with Crippen molar-refractivity contribution in [3.05, 3.63) is 35.4 Å². The van der Waals surface area contributed by atoms with E-state index in [2.05, 4.69) is 9.46 Å². The number of carbonyl (C=O) groups excluding carboxylic acids is 1. The van der Waals surface area contributed by atoms with Crippen LogP contribution in [0.4, 0.5) is 0 Å². The molecule has 1 rings (SSSR count). The number of hydrogen-bond acceptors (Lipinski definition) is 4. The van der Waals surface area contributed by atoms with Gasteiger partial charge in [0, 0.05) is 6.54 Å². The molecule has 0 atom stereocenters. The van der Waals surface area contributed by atoms with E-state index in [4.69, 9.17) is 0 Å². The van der Waals surface area contributed by atoms with Crippen molar-refractivity contribution in [2.24, 2.45) is 0 Å². The van der Waals surface area contributed by atoms with E-state index in [0.29, 0.717) is 17.7 Å². The lowest BCUT2D eigenvalue weighted by molar-refractivity contribution is 0.0600. The number of esters is 1. The highest BCUT2D eigenvalue weighted by Gasteiger charge is 2.12. The van der Waals surface area contributed by atoms with Crippen LogP contribution in [0.15, 0.2) is 24.3 Å². The van der Waals surface area contributed by atoms with Crippen LogP contribution in [0.5, 0.6) is 0 Å². The second kappa shape index (κ2) is 6.51. The quantitative estimate of drug-likeness (QED) is 0.792. The monoisotopic (exact) mass is 271 g/mol. The Bertz CT molecular complexity index is 511. The molecule has 1 N–H and O–H groups in total. The van der Waals surface area contributed by atoms with Gasteiger partial charge >= 0.3 is 5.97 Å². The predicted octanol–water partition coefficient (Wildman–Crippen LogP) is 1.30. The molecule has 0 saturated carbocycles. The standard InChI is InChI=1S/C12H17NO4S/c1-3-7-13-18(15,16)9-10-5-4-6-11(8-10)12(14)17-2/h4-6,8,13H,3,7,9H2,1-2H3. The third-order valence-electron chi connectivity index (χ3n) is 2.28. The van der Waals surface area contributed by atoms with Gasteiger partial charge in [-0.05, 0) is 24.1 Å². The van der Waals surface area contributed by atoms with Crippen LogP contribution in [0.2, 0.25) is 0 Å². The third kappa shape index (κ3) is 4.46. The van der Waals surface area contributed by atoms with E-state index in [0.717, 1.165) is 6.42 Å². The van der Waals surface area contributed by atoms with Gasteiger partial charge in [0.25, 0.3) is 0 Å². The maximum Gasteiger partial charge on any atom is 0.337 e. The average Bonchev–Trinajstić information content (AvgIpc) is 2.35. The normalized spacial score (nSPS) is 11.2. The predicted molar refractivity (Wildman–Crippen MR) is 68.7 cm³/mol. The van der Waals surface area contributed by atoms with Crippen molar-refractivity contribution in [2.75, 3.05) is 13.7 Å². The first-order chi connectivity index (χ1) is 8.48. The lowest BCUT2D eigenvalue weighted by atomic mass is 10.1. The van der Waals surface area contributed by atoms with E-state index in [1.807, 2.05) is 6.92 Å². The molecule has 0 spiro atoms. The Kier molecular flexibility index (Phi) is 5.30. The minimum absolute atomic E-state index is 0.141. The van der Waals surface area contributed by atoms with Crippen molar-refractivity contribution < 1.29 is 17.9 Å². The summed E-state index contributed by atoms with van der Waals surface area (Å²) in [5.41, 5.74) is 0.905. The molecule has 0 amide bonds. The Morgan fingerprint density at radius 3 is 2.72 bits per heavy atom. The lowest BCUT2D eigenvalue weighted by Gasteiger charge is -2.06. The Morgan fingerprint density at radius 1 is 1.39 bits per heavy atom. The van der Waals surface area contributed by atoms with Crippen molar-refractivity contribution in [1.29, 1.82) is 0 Å². The zero-order valence-electron chi connectivity index (χ0n) is 10.5. The number of carbonyl (C=O) groups is 1. The molecule has 0 unspecified atom stereocenters. The number of ether oxygens (including phenoxy) is 1. The van der Waals surface area contributed by atoms with Gasteiger partial charge in [-0.25, -0.2) is 17.9 Å². The number of benzene rings is 1. The highest BCUT2D eigenvalue weighted by molar-refractivity contribution is 7.88. The summed E-state index contributed by atoms with van der Waals surface area (Å²) in [6.45, 7) is 2.30. The molecule has 0 aliphatic heterocycles. The molecular weight excluding hydrogens is 254 g/mol. The van der Waals surface area contributed by atoms with Gasteiger partial charge < -0.3 is 4.74 Å². The minimum atomic E-state index is -3.35. The molecule has 0 aliphatic carbocycles. The summed E-state index contributed by atoms with van der Waals surface area (Å²) in [5.74, 6) is -0.617. The molecule has 100 valence electrons. The fourth-order valence-electron chi connectivity index (χ4n) is 1.43. The Morgan fingerprint density at radius 2 is 2.11 bits per heavy atom. The van der Waals surface area contributed by atoms with E-state index in [9.17, 15) is 13.2 Å². The van der Waals surface area contributed by atoms with Crippen LogP contribution in [0, 0.1) is 0 Å². The third-order valence-corrected chi connectivity index (χ3v) is 3.63. The van der Waals surface area contributed by atoms with E-state index >= 15 is 0 Å². The fourth-order valence-corrected chi connectivity index (χ4v) is 2.67. The van der Waals surface area contributed by atoms with Crippen molar-refractivity contribution in [2.45, 2.75) is 19.1 Å². The average molecular weight is 271 g/mol. The molecule has 0 aromatic heterocycles. The van der Waals surface area contributed by atoms with Crippen LogP contribution in [-0.2, 0) is 20.5 Å². The molecule has 0 saturated heterocycles. The summed E-state index contributed by atoms with van der Waals surface area (Å²) >= 11 is 0. The Balaban J connectivity index is 2.82. The van der Waals surface area contributed by atoms with Gasteiger partial charge in [-0.3, -0.25) is 0 Å². The topological polar surface area (TPSA) is 72.5 Å². The summed E-state index contributed by atoms with van der Waals surface area (Å²) in [6.07, 6.45) is 0.738. The highest BCUT2D eigenvalue weighted by atomic mass is 32.2. The lowest BCUT2D eigenvalue weighted by Crippen LogP contribution is -2.25. The van der Waals surface area contributed by atoms with Gasteiger partial charge in [0.2, 0.25) is 10.0 Å². The maximum atomic E-state index is 11.7. The molecule has 18 heavy (non-hydrogen) atoms. The van der Waals surface area contributed by atoms with Crippen molar-refractivity contribution in [3.63, 3.8) is 0 Å². The number of sulfonamides is 1. The van der Waals surface area contributed by atoms with Crippen LogP contribution in [0.25, 0.3) is 0 Å². The van der Waals surface area contributed by atoms with Gasteiger partial charge in [0.05, 0.1) is 18.4 Å². The maximum absolute atomic E-state index is 11.7. The number of methoxy groups -OCH3 is 1. The minimum Gasteiger partial charge on any atom is -0.465 e. The van der Waals surface area contributed by atoms with Crippen LogP contribution in [0.3, 0.4) is 0 Å². The van der Waals surface area contributed by atoms with Crippen molar-refractivity contribution >= 4 is 16.0 Å². The molecular formula is C12H17NO4S. The first-order valence-corrected chi connectivity index (χ1v) is 7.28. The Labute approximate surface area is 107 Å². The smallest absolute Gasteiger partial charge is 0.337 e. The van der Waals surface area contributed by atoms with Gasteiger partial charge in [-0.15, -0.1) is 0 Å². The van der Waals surface area contributed by atoms with Gasteiger partial charge in [-0.2, -0.15) is 0 Å². The van der Waals surface area contributed by atoms with E-state index in [1.165, 1.54) is 13.2 Å². The summed E-state index contributed by atoms with van der Waals surface area (Å²) in [7, 11) is -2.06. The highest BCUT2D eigenvalue weighted by Crippen LogP contribution is 2.09. The molecule has 0 bridgehead atoms. The Hall–Kier alpha value is -1.40. The zero-order valence-corrected chi connectivity index (χ0v) is 11.3. The second-order valence-electron chi connectivity index (χ2n) is 3.85. The zero-order chi connectivity index (χ0) is 13.6. The molecule has 0 fully saturated rings. The number of hydrogen-bond donors (Lipinski definition) is 1. The summed E-state index contributed by atoms with van der Waals surface area (Å²) in [5, 5.41) is 0. The molecule has 0 radical (unpaired) electrons. The van der Waals surface area contributed by atoms with Crippen LogP contribution < -0.4 is 4.72 Å². The molecule has 5 nitrogen and oxygen atoms in total. The first kappa shape index (κ1) is 14.7. The summed E-state index contributed by atoms with van der Waals surface area (Å²) in [4.78, 5) is 11.3. The molecule has 0 aliphatic rings. The fraction of sp³-hybridized carbons (Fsp3) is 0.417. The first-order valence-electron chi connectivity index (χ1n) is 5.63. The van der Waals surface area contributed by atoms with Crippen molar-refractivity contribution in [3.8, 4) is 0 Å². The van der Waals surface area contributed by atoms with Crippen LogP contribution in [-0.4, -0.2) is 28.0 Å². The van der Waals surface area contributed by atoms with Gasteiger partial charge in [-0.1, -0.05) is 19.1 Å². The largest absolute Gasteiger partial charge is 0.465 e. The van der Waals surface area contributed by atoms with Crippen LogP contribution in [0.1, 0.15) is 29.3 Å². The SMILES string of the molecule is CCCNS(=O)(=O)Cc1cccc(C(=O)OC)c1. The molecule has 1 aromatic carbocycles. The van der Waals surface area contributed by atoms with E-state index < -0.39 is 16.0 Å². The van der Waals surface area contributed by atoms with E-state index in [1.54, 1.807) is 18.2 Å². The number of nitrogens with one attached hydrogen (secondary N) is 1. The second-order valence-corrected chi connectivity index (χ2v) is 5.65. The van der Waals surface area contributed by atoms with Gasteiger partial charge in [0.15, 0.2) is 0 Å². The molecule has 6 heteroatoms. The molecule has 1 aromatic rings. The van der Waals surface area contributed by atoms with Crippen molar-refractivity contribution in [1.82, 2.24) is 4.72 Å². The van der Waals surface area contributed by atoms with Gasteiger partial charge in [0.1, 0.15) is 0 Å². The number of rotatable bonds is 6. The van der Waals surface area contributed by atoms with E-state index in [-0.39, 0.29) is 5.75 Å². The summed E-state index contributed by atoms with van der Waals surface area (Å²) in [6, 6.07) is 6.41. The van der Waals surface area contributed by atoms with Crippen LogP contribution >= 0.6 is 0 Å². The summed E-state index contributed by atoms with van der Waals surface area (Å²) < 4.78 is 30.4.